The number of ether oxygens (including phenoxy) is 1. The lowest BCUT2D eigenvalue weighted by molar-refractivity contribution is 0.260. The van der Waals surface area contributed by atoms with Gasteiger partial charge in [-0.25, -0.2) is 0 Å². The van der Waals surface area contributed by atoms with Crippen molar-refractivity contribution in [1.29, 1.82) is 0 Å². The molecule has 1 heteroatoms. The Bertz CT molecular complexity index is 349. The van der Waals surface area contributed by atoms with E-state index in [2.05, 4.69) is 36.4 Å². The van der Waals surface area contributed by atoms with Gasteiger partial charge in [-0.15, -0.1) is 0 Å². The van der Waals surface area contributed by atoms with Crippen LogP contribution in [0.25, 0.3) is 0 Å². The van der Waals surface area contributed by atoms with Crippen molar-refractivity contribution in [3.05, 3.63) is 59.9 Å². The maximum absolute atomic E-state index is 5.31. The molecule has 0 fully saturated rings. The van der Waals surface area contributed by atoms with Gasteiger partial charge in [0.25, 0.3) is 0 Å². The molecule has 1 radical (unpaired) electrons. The molecule has 1 aromatic rings. The van der Waals surface area contributed by atoms with E-state index in [1.165, 1.54) is 5.56 Å². The van der Waals surface area contributed by atoms with Crippen LogP contribution < -0.4 is 0 Å². The van der Waals surface area contributed by atoms with E-state index in [0.717, 1.165) is 12.2 Å². The zero-order valence-electron chi connectivity index (χ0n) is 8.23. The van der Waals surface area contributed by atoms with Crippen LogP contribution in [0.15, 0.2) is 48.2 Å². The van der Waals surface area contributed by atoms with Crippen LogP contribution in [0.2, 0.25) is 0 Å². The van der Waals surface area contributed by atoms with E-state index in [-0.39, 0.29) is 0 Å². The van der Waals surface area contributed by atoms with E-state index in [1.54, 1.807) is 7.11 Å². The summed E-state index contributed by atoms with van der Waals surface area (Å²) >= 11 is 0. The SMILES string of the molecule is COC1=[C]C=CC[C@H]1c1ccccc1. The Morgan fingerprint density at radius 1 is 1.29 bits per heavy atom. The van der Waals surface area contributed by atoms with Gasteiger partial charge in [0.05, 0.1) is 7.11 Å². The average Bonchev–Trinajstić information content (AvgIpc) is 2.30. The largest absolute Gasteiger partial charge is 0.500 e. The third-order valence-corrected chi connectivity index (χ3v) is 2.45. The number of hydrogen-bond acceptors (Lipinski definition) is 1. The summed E-state index contributed by atoms with van der Waals surface area (Å²) in [6, 6.07) is 10.4. The molecule has 0 aromatic heterocycles. The van der Waals surface area contributed by atoms with Gasteiger partial charge < -0.3 is 4.74 Å². The highest BCUT2D eigenvalue weighted by atomic mass is 16.5. The highest BCUT2D eigenvalue weighted by Crippen LogP contribution is 2.30. The standard InChI is InChI=1S/C13H13O/c1-14-13-10-6-5-9-12(13)11-7-3-2-4-8-11/h2-8,12H,9H2,1H3/t12-/m0/s1. The molecule has 0 bridgehead atoms. The van der Waals surface area contributed by atoms with Crippen molar-refractivity contribution >= 4 is 0 Å². The normalized spacial score (nSPS) is 20.4. The minimum absolute atomic E-state index is 0.339. The number of rotatable bonds is 2. The molecule has 0 N–H and O–H groups in total. The summed E-state index contributed by atoms with van der Waals surface area (Å²) in [6.45, 7) is 0. The molecule has 1 aliphatic carbocycles. The zero-order valence-corrected chi connectivity index (χ0v) is 8.23. The number of benzene rings is 1. The summed E-state index contributed by atoms with van der Waals surface area (Å²) in [5.41, 5.74) is 1.29. The highest BCUT2D eigenvalue weighted by molar-refractivity contribution is 5.29. The van der Waals surface area contributed by atoms with E-state index in [9.17, 15) is 0 Å². The Morgan fingerprint density at radius 2 is 2.07 bits per heavy atom. The molecule has 1 aromatic carbocycles. The first-order valence-corrected chi connectivity index (χ1v) is 4.79. The minimum Gasteiger partial charge on any atom is -0.500 e. The third kappa shape index (κ3) is 1.72. The minimum atomic E-state index is 0.339. The van der Waals surface area contributed by atoms with Gasteiger partial charge in [-0.2, -0.15) is 0 Å². The van der Waals surface area contributed by atoms with Crippen LogP contribution in [0.3, 0.4) is 0 Å². The van der Waals surface area contributed by atoms with Crippen molar-refractivity contribution in [3.8, 4) is 0 Å². The Labute approximate surface area is 84.7 Å². The summed E-state index contributed by atoms with van der Waals surface area (Å²) in [7, 11) is 1.71. The first-order chi connectivity index (χ1) is 6.92. The fourth-order valence-corrected chi connectivity index (χ4v) is 1.73. The molecule has 0 spiro atoms. The van der Waals surface area contributed by atoms with Crippen molar-refractivity contribution in [3.63, 3.8) is 0 Å². The lowest BCUT2D eigenvalue weighted by Crippen LogP contribution is -2.06. The summed E-state index contributed by atoms with van der Waals surface area (Å²) in [6.07, 6.45) is 8.19. The molecule has 2 rings (SSSR count). The fraction of sp³-hybridized carbons (Fsp3) is 0.231. The van der Waals surface area contributed by atoms with Gasteiger partial charge in [-0.1, -0.05) is 42.5 Å². The molecule has 1 atom stereocenters. The van der Waals surface area contributed by atoms with E-state index >= 15 is 0 Å². The maximum atomic E-state index is 5.31. The molecule has 0 amide bonds. The lowest BCUT2D eigenvalue weighted by Gasteiger charge is -2.20. The van der Waals surface area contributed by atoms with Gasteiger partial charge in [-0.3, -0.25) is 0 Å². The van der Waals surface area contributed by atoms with Crippen LogP contribution in [-0.4, -0.2) is 7.11 Å². The molecule has 1 aliphatic rings. The second-order valence-electron chi connectivity index (χ2n) is 3.31. The average molecular weight is 185 g/mol. The summed E-state index contributed by atoms with van der Waals surface area (Å²) in [5.74, 6) is 1.27. The lowest BCUT2D eigenvalue weighted by atomic mass is 9.91. The van der Waals surface area contributed by atoms with Crippen LogP contribution in [0, 0.1) is 6.08 Å². The Balaban J connectivity index is 2.27. The van der Waals surface area contributed by atoms with E-state index < -0.39 is 0 Å². The van der Waals surface area contributed by atoms with Crippen LogP contribution in [-0.2, 0) is 4.74 Å². The van der Waals surface area contributed by atoms with Crippen molar-refractivity contribution in [2.24, 2.45) is 0 Å². The van der Waals surface area contributed by atoms with Gasteiger partial charge in [-0.05, 0) is 12.0 Å². The highest BCUT2D eigenvalue weighted by Gasteiger charge is 2.17. The Kier molecular flexibility index (Phi) is 2.68. The number of hydrogen-bond donors (Lipinski definition) is 0. The summed E-state index contributed by atoms with van der Waals surface area (Å²) < 4.78 is 5.31. The maximum Gasteiger partial charge on any atom is 0.111 e. The van der Waals surface area contributed by atoms with Crippen LogP contribution in [0.4, 0.5) is 0 Å². The second kappa shape index (κ2) is 4.14. The molecule has 14 heavy (non-hydrogen) atoms. The van der Waals surface area contributed by atoms with Crippen molar-refractivity contribution < 1.29 is 4.74 Å². The van der Waals surface area contributed by atoms with Crippen LogP contribution in [0.5, 0.6) is 0 Å². The molecule has 0 aliphatic heterocycles. The topological polar surface area (TPSA) is 9.23 Å². The summed E-state index contributed by atoms with van der Waals surface area (Å²) in [4.78, 5) is 0. The van der Waals surface area contributed by atoms with Gasteiger partial charge >= 0.3 is 0 Å². The van der Waals surface area contributed by atoms with E-state index in [0.29, 0.717) is 5.92 Å². The van der Waals surface area contributed by atoms with Gasteiger partial charge in [0.15, 0.2) is 0 Å². The Hall–Kier alpha value is -1.50. The number of allylic oxidation sites excluding steroid dienone is 4. The molecule has 0 saturated carbocycles. The molecule has 0 unspecified atom stereocenters. The molecule has 0 saturated heterocycles. The van der Waals surface area contributed by atoms with E-state index in [4.69, 9.17) is 4.74 Å². The quantitative estimate of drug-likeness (QED) is 0.688. The second-order valence-corrected chi connectivity index (χ2v) is 3.31. The molecule has 1 nitrogen and oxygen atoms in total. The predicted molar refractivity (Wildman–Crippen MR) is 56.7 cm³/mol. The van der Waals surface area contributed by atoms with Gasteiger partial charge in [0.2, 0.25) is 0 Å². The monoisotopic (exact) mass is 185 g/mol. The predicted octanol–water partition coefficient (Wildman–Crippen LogP) is 3.06. The van der Waals surface area contributed by atoms with Gasteiger partial charge in [0, 0.05) is 12.0 Å². The fourth-order valence-electron chi connectivity index (χ4n) is 1.73. The van der Waals surface area contributed by atoms with E-state index in [1.807, 2.05) is 12.1 Å². The summed E-state index contributed by atoms with van der Waals surface area (Å²) in [5, 5.41) is 0. The third-order valence-electron chi connectivity index (χ3n) is 2.45. The Morgan fingerprint density at radius 3 is 2.79 bits per heavy atom. The molecule has 0 heterocycles. The van der Waals surface area contributed by atoms with Crippen LogP contribution >= 0.6 is 0 Å². The van der Waals surface area contributed by atoms with Crippen molar-refractivity contribution in [2.75, 3.05) is 7.11 Å². The van der Waals surface area contributed by atoms with Crippen LogP contribution in [0.1, 0.15) is 17.9 Å². The van der Waals surface area contributed by atoms with Crippen molar-refractivity contribution in [1.82, 2.24) is 0 Å². The van der Waals surface area contributed by atoms with Crippen molar-refractivity contribution in [2.45, 2.75) is 12.3 Å². The van der Waals surface area contributed by atoms with Gasteiger partial charge in [0.1, 0.15) is 5.76 Å². The zero-order chi connectivity index (χ0) is 9.80. The first-order valence-electron chi connectivity index (χ1n) is 4.79. The number of methoxy groups -OCH3 is 1. The first kappa shape index (κ1) is 9.07. The molecule has 71 valence electrons. The smallest absolute Gasteiger partial charge is 0.111 e. The molecular weight excluding hydrogens is 172 g/mol. The molecular formula is C13H13O.